The molecular weight excluding hydrogens is 422 g/mol. The molecule has 0 aromatic heterocycles. The van der Waals surface area contributed by atoms with Crippen LogP contribution in [0.2, 0.25) is 0 Å². The van der Waals surface area contributed by atoms with Gasteiger partial charge >= 0.3 is 0 Å². The molecule has 5 aliphatic carbocycles. The van der Waals surface area contributed by atoms with Gasteiger partial charge in [0.1, 0.15) is 0 Å². The first-order valence-electron chi connectivity index (χ1n) is 15.1. The van der Waals surface area contributed by atoms with E-state index in [2.05, 4.69) is 38.3 Å². The fraction of sp³-hybridized carbons (Fsp3) is 0.794. The lowest BCUT2D eigenvalue weighted by Gasteiger charge is -2.63. The zero-order valence-electron chi connectivity index (χ0n) is 23.6. The molecule has 0 saturated heterocycles. The largest absolute Gasteiger partial charge is 0.295 e. The van der Waals surface area contributed by atoms with Gasteiger partial charge in [0.05, 0.1) is 0 Å². The van der Waals surface area contributed by atoms with Crippen molar-refractivity contribution in [2.24, 2.45) is 57.2 Å². The first-order valence-corrected chi connectivity index (χ1v) is 15.1. The van der Waals surface area contributed by atoms with Crippen LogP contribution in [-0.2, 0) is 0 Å². The monoisotopic (exact) mass is 475 g/mol. The number of hydrogen-bond donors (Lipinski definition) is 0. The molecule has 194 valence electrons. The number of nitrogens with zero attached hydrogens (tertiary/aromatic N) is 1. The molecule has 1 heteroatoms. The second-order valence-electron chi connectivity index (χ2n) is 13.0. The summed E-state index contributed by atoms with van der Waals surface area (Å²) in [6.45, 7) is 13.9. The van der Waals surface area contributed by atoms with Crippen molar-refractivity contribution in [1.29, 1.82) is 0 Å². The normalized spacial score (nSPS) is 42.8. The van der Waals surface area contributed by atoms with Gasteiger partial charge in [-0.3, -0.25) is 4.99 Å². The van der Waals surface area contributed by atoms with E-state index in [1.165, 1.54) is 38.5 Å². The van der Waals surface area contributed by atoms with Crippen molar-refractivity contribution >= 4 is 6.21 Å². The Labute approximate surface area is 217 Å². The van der Waals surface area contributed by atoms with Crippen LogP contribution in [-0.4, -0.2) is 13.3 Å². The molecule has 35 heavy (non-hydrogen) atoms. The maximum atomic E-state index is 5.06. The summed E-state index contributed by atoms with van der Waals surface area (Å²) in [6.07, 6.45) is 28.3. The number of fused-ring (bicyclic) bond motifs is 5. The lowest BCUT2D eigenvalue weighted by molar-refractivity contribution is -0.139. The first-order chi connectivity index (χ1) is 16.9. The van der Waals surface area contributed by atoms with Crippen LogP contribution in [0.3, 0.4) is 0 Å². The number of allylic oxidation sites excluding steroid dienone is 3. The zero-order chi connectivity index (χ0) is 25.2. The molecule has 5 saturated carbocycles. The maximum absolute atomic E-state index is 5.06. The van der Waals surface area contributed by atoms with Crippen LogP contribution in [0.5, 0.6) is 0 Å². The lowest BCUT2D eigenvalue weighted by atomic mass is 9.42. The summed E-state index contributed by atoms with van der Waals surface area (Å²) in [7, 11) is 1.70. The second kappa shape index (κ2) is 11.0. The molecule has 5 fully saturated rings. The molecule has 0 heterocycles. The van der Waals surface area contributed by atoms with E-state index >= 15 is 0 Å². The molecule has 8 atom stereocenters. The van der Waals surface area contributed by atoms with E-state index in [4.69, 9.17) is 6.42 Å². The molecule has 5 aliphatic rings. The highest BCUT2D eigenvalue weighted by Crippen LogP contribution is 2.73. The van der Waals surface area contributed by atoms with Crippen LogP contribution in [0, 0.1) is 64.6 Å². The van der Waals surface area contributed by atoms with Crippen LogP contribution in [0.4, 0.5) is 0 Å². The molecule has 0 aromatic rings. The summed E-state index contributed by atoms with van der Waals surface area (Å²) in [4.78, 5) is 3.74. The molecule has 0 aromatic carbocycles. The summed E-state index contributed by atoms with van der Waals surface area (Å²) in [6, 6.07) is 0. The Morgan fingerprint density at radius 1 is 1.00 bits per heavy atom. The zero-order valence-corrected chi connectivity index (χ0v) is 23.6. The third-order valence-corrected chi connectivity index (χ3v) is 11.9. The predicted octanol–water partition coefficient (Wildman–Crippen LogP) is 9.29. The summed E-state index contributed by atoms with van der Waals surface area (Å²) < 4.78 is 0. The Morgan fingerprint density at radius 2 is 1.74 bits per heavy atom. The molecule has 0 amide bonds. The molecule has 1 nitrogen and oxygen atoms in total. The van der Waals surface area contributed by atoms with Crippen LogP contribution in [0.1, 0.15) is 111 Å². The van der Waals surface area contributed by atoms with Crippen LogP contribution < -0.4 is 0 Å². The highest BCUT2D eigenvalue weighted by atomic mass is 14.7. The van der Waals surface area contributed by atoms with Gasteiger partial charge in [-0.15, -0.1) is 6.42 Å². The fourth-order valence-electron chi connectivity index (χ4n) is 10.3. The SMILES string of the molecule is C#C/C(C=NC)=C/C.C=C(CC)C1CCC2C3CCC4CC(C)CCC4(C4CC4)C3CCC12CC. The third kappa shape index (κ3) is 4.62. The number of rotatable bonds is 5. The standard InChI is InChI=1S/C27H44.C7H9N/c1-5-19(4)23-11-12-24-22-10-9-21-17-18(3)13-16-27(21,20-7-8-20)25(22)14-15-26(23,24)6-2;1-4-7(5-2)6-8-3/h18,20-25H,4-17H2,1-3H3;1,5-6H,2-3H3/b;7-5-,8-6?. The van der Waals surface area contributed by atoms with Crippen molar-refractivity contribution < 1.29 is 0 Å². The van der Waals surface area contributed by atoms with E-state index in [0.717, 1.165) is 52.4 Å². The molecule has 0 N–H and O–H groups in total. The van der Waals surface area contributed by atoms with Crippen molar-refractivity contribution in [3.8, 4) is 12.3 Å². The van der Waals surface area contributed by atoms with Crippen LogP contribution >= 0.6 is 0 Å². The molecule has 0 aliphatic heterocycles. The summed E-state index contributed by atoms with van der Waals surface area (Å²) in [5, 5.41) is 0. The number of aliphatic imine (C=N–C) groups is 1. The van der Waals surface area contributed by atoms with Crippen molar-refractivity contribution in [2.45, 2.75) is 111 Å². The van der Waals surface area contributed by atoms with Crippen molar-refractivity contribution in [2.75, 3.05) is 7.05 Å². The lowest BCUT2D eigenvalue weighted by Crippen LogP contribution is -2.56. The van der Waals surface area contributed by atoms with Gasteiger partial charge in [0.15, 0.2) is 0 Å². The van der Waals surface area contributed by atoms with Crippen molar-refractivity contribution in [3.63, 3.8) is 0 Å². The van der Waals surface area contributed by atoms with Crippen LogP contribution in [0.25, 0.3) is 0 Å². The average Bonchev–Trinajstić information content (AvgIpc) is 3.67. The van der Waals surface area contributed by atoms with Gasteiger partial charge in [0.25, 0.3) is 0 Å². The Kier molecular flexibility index (Phi) is 8.40. The third-order valence-electron chi connectivity index (χ3n) is 11.9. The van der Waals surface area contributed by atoms with Gasteiger partial charge in [0.2, 0.25) is 0 Å². The number of hydrogen-bond acceptors (Lipinski definition) is 1. The summed E-state index contributed by atoms with van der Waals surface area (Å²) >= 11 is 0. The maximum Gasteiger partial charge on any atom is 0.0378 e. The van der Waals surface area contributed by atoms with Gasteiger partial charge in [-0.2, -0.15) is 0 Å². The van der Waals surface area contributed by atoms with E-state index in [1.54, 1.807) is 63.8 Å². The molecule has 8 unspecified atom stereocenters. The molecule has 0 spiro atoms. The summed E-state index contributed by atoms with van der Waals surface area (Å²) in [5.41, 5.74) is 3.84. The van der Waals surface area contributed by atoms with E-state index in [0.29, 0.717) is 5.41 Å². The topological polar surface area (TPSA) is 12.4 Å². The predicted molar refractivity (Wildman–Crippen MR) is 152 cm³/mol. The van der Waals surface area contributed by atoms with Crippen molar-refractivity contribution in [1.82, 2.24) is 0 Å². The molecule has 5 rings (SSSR count). The number of terminal acetylenes is 1. The van der Waals surface area contributed by atoms with Crippen molar-refractivity contribution in [3.05, 3.63) is 23.8 Å². The highest BCUT2D eigenvalue weighted by molar-refractivity contribution is 5.83. The van der Waals surface area contributed by atoms with E-state index in [-0.39, 0.29) is 0 Å². The minimum Gasteiger partial charge on any atom is -0.295 e. The van der Waals surface area contributed by atoms with E-state index in [9.17, 15) is 0 Å². The van der Waals surface area contributed by atoms with Gasteiger partial charge in [-0.1, -0.05) is 51.3 Å². The van der Waals surface area contributed by atoms with Gasteiger partial charge < -0.3 is 0 Å². The van der Waals surface area contributed by atoms with Gasteiger partial charge in [0, 0.05) is 18.8 Å². The molecule has 0 radical (unpaired) electrons. The second-order valence-corrected chi connectivity index (χ2v) is 13.0. The average molecular weight is 476 g/mol. The van der Waals surface area contributed by atoms with Gasteiger partial charge in [-0.05, 0) is 136 Å². The highest BCUT2D eigenvalue weighted by Gasteiger charge is 2.65. The Morgan fingerprint density at radius 3 is 2.31 bits per heavy atom. The van der Waals surface area contributed by atoms with E-state index in [1.807, 2.05) is 13.0 Å². The smallest absolute Gasteiger partial charge is 0.0378 e. The molecular formula is C34H53N. The Bertz CT molecular complexity index is 852. The minimum absolute atomic E-state index is 0.633. The van der Waals surface area contributed by atoms with E-state index < -0.39 is 0 Å². The molecule has 0 bridgehead atoms. The fourth-order valence-corrected chi connectivity index (χ4v) is 10.3. The van der Waals surface area contributed by atoms with Crippen LogP contribution in [0.15, 0.2) is 28.8 Å². The Balaban J connectivity index is 0.000000314. The van der Waals surface area contributed by atoms with Gasteiger partial charge in [-0.25, -0.2) is 0 Å². The minimum atomic E-state index is 0.633. The first kappa shape index (κ1) is 26.8. The quantitative estimate of drug-likeness (QED) is 0.213. The Hall–Kier alpha value is -1.29. The summed E-state index contributed by atoms with van der Waals surface area (Å²) in [5.74, 6) is 9.72.